The molecule has 3 aromatic rings. The minimum absolute atomic E-state index is 0.0607. The van der Waals surface area contributed by atoms with Gasteiger partial charge in [0.25, 0.3) is 11.7 Å². The number of nitrogens with zero attached hydrogens (tertiary/aromatic N) is 2. The van der Waals surface area contributed by atoms with Gasteiger partial charge in [0.1, 0.15) is 11.5 Å². The lowest BCUT2D eigenvalue weighted by atomic mass is 9.96. The number of aliphatic hydroxyl groups excluding tert-OH is 1. The molecule has 1 N–H and O–H groups in total. The fourth-order valence-corrected chi connectivity index (χ4v) is 4.10. The normalized spacial score (nSPS) is 17.5. The number of carbonyl (C=O) groups is 2. The predicted octanol–water partition coefficient (Wildman–Crippen LogP) is 5.72. The summed E-state index contributed by atoms with van der Waals surface area (Å²) in [5.41, 5.74) is 2.08. The number of amides is 1. The van der Waals surface area contributed by atoms with Gasteiger partial charge in [0, 0.05) is 28.7 Å². The Balaban J connectivity index is 1.93. The molecular weight excluding hydrogens is 463 g/mol. The van der Waals surface area contributed by atoms with E-state index < -0.39 is 17.7 Å². The summed E-state index contributed by atoms with van der Waals surface area (Å²) < 4.78 is 5.51. The molecule has 2 heterocycles. The average molecular weight is 483 g/mol. The SMILES string of the molecule is CCOc1cc(/C(O)=C2\C(=O)C(=O)N(c3ccc(C)c(Cl)c3)C2c2cccnc2)ccc1Cl. The quantitative estimate of drug-likeness (QED) is 0.285. The van der Waals surface area contributed by atoms with Gasteiger partial charge in [-0.2, -0.15) is 0 Å². The van der Waals surface area contributed by atoms with Crippen LogP contribution in [-0.4, -0.2) is 28.4 Å². The van der Waals surface area contributed by atoms with Crippen LogP contribution in [0.4, 0.5) is 5.69 Å². The molecule has 1 atom stereocenters. The average Bonchev–Trinajstić information content (AvgIpc) is 3.08. The number of aromatic nitrogens is 1. The number of ether oxygens (including phenoxy) is 1. The smallest absolute Gasteiger partial charge is 0.300 e. The molecule has 0 bridgehead atoms. The second kappa shape index (κ2) is 9.25. The van der Waals surface area contributed by atoms with Gasteiger partial charge in [-0.1, -0.05) is 35.3 Å². The number of hydrogen-bond acceptors (Lipinski definition) is 5. The number of rotatable bonds is 5. The van der Waals surface area contributed by atoms with Crippen molar-refractivity contribution in [2.75, 3.05) is 11.5 Å². The molecule has 8 heteroatoms. The molecular formula is C25H20Cl2N2O4. The van der Waals surface area contributed by atoms with Gasteiger partial charge >= 0.3 is 0 Å². The van der Waals surface area contributed by atoms with Crippen molar-refractivity contribution in [3.05, 3.63) is 93.2 Å². The second-order valence-corrected chi connectivity index (χ2v) is 8.28. The van der Waals surface area contributed by atoms with Crippen LogP contribution in [0.1, 0.15) is 29.7 Å². The summed E-state index contributed by atoms with van der Waals surface area (Å²) in [6, 6.07) is 12.3. The van der Waals surface area contributed by atoms with Gasteiger partial charge in [0.15, 0.2) is 0 Å². The van der Waals surface area contributed by atoms with Gasteiger partial charge in [-0.3, -0.25) is 19.5 Å². The molecule has 0 aliphatic carbocycles. The Hall–Kier alpha value is -3.35. The number of carbonyl (C=O) groups excluding carboxylic acids is 2. The first-order chi connectivity index (χ1) is 15.8. The monoisotopic (exact) mass is 482 g/mol. The highest BCUT2D eigenvalue weighted by molar-refractivity contribution is 6.51. The Morgan fingerprint density at radius 1 is 1.12 bits per heavy atom. The molecule has 1 unspecified atom stereocenters. The number of Topliss-reactive ketones (excluding diaryl/α,β-unsaturated/α-hetero) is 1. The van der Waals surface area contributed by atoms with Crippen molar-refractivity contribution in [3.63, 3.8) is 0 Å². The van der Waals surface area contributed by atoms with Crippen LogP contribution >= 0.6 is 23.2 Å². The number of hydrogen-bond donors (Lipinski definition) is 1. The Morgan fingerprint density at radius 3 is 2.58 bits per heavy atom. The molecule has 0 saturated carbocycles. The third-order valence-corrected chi connectivity index (χ3v) is 6.10. The fraction of sp³-hybridized carbons (Fsp3) is 0.160. The summed E-state index contributed by atoms with van der Waals surface area (Å²) in [4.78, 5) is 31.8. The Morgan fingerprint density at radius 2 is 1.91 bits per heavy atom. The third-order valence-electron chi connectivity index (χ3n) is 5.38. The molecule has 2 aromatic carbocycles. The highest BCUT2D eigenvalue weighted by atomic mass is 35.5. The van der Waals surface area contributed by atoms with E-state index in [0.29, 0.717) is 39.2 Å². The van der Waals surface area contributed by atoms with Crippen molar-refractivity contribution in [1.82, 2.24) is 4.98 Å². The van der Waals surface area contributed by atoms with Gasteiger partial charge in [-0.05, 0) is 61.4 Å². The lowest BCUT2D eigenvalue weighted by Crippen LogP contribution is -2.29. The first-order valence-corrected chi connectivity index (χ1v) is 11.0. The molecule has 6 nitrogen and oxygen atoms in total. The maximum atomic E-state index is 13.2. The summed E-state index contributed by atoms with van der Waals surface area (Å²) in [6.45, 7) is 4.02. The fourth-order valence-electron chi connectivity index (χ4n) is 3.76. The minimum atomic E-state index is -0.899. The van der Waals surface area contributed by atoms with Gasteiger partial charge in [0.05, 0.1) is 23.2 Å². The Bertz CT molecular complexity index is 1270. The summed E-state index contributed by atoms with van der Waals surface area (Å²) >= 11 is 12.5. The number of benzene rings is 2. The molecule has 1 amide bonds. The van der Waals surface area contributed by atoms with Gasteiger partial charge in [0.2, 0.25) is 0 Å². The zero-order valence-electron chi connectivity index (χ0n) is 17.9. The Kier molecular flexibility index (Phi) is 6.40. The predicted molar refractivity (Wildman–Crippen MR) is 128 cm³/mol. The van der Waals surface area contributed by atoms with E-state index in [2.05, 4.69) is 4.98 Å². The topological polar surface area (TPSA) is 79.7 Å². The maximum absolute atomic E-state index is 13.2. The molecule has 168 valence electrons. The molecule has 0 radical (unpaired) electrons. The standard InChI is InChI=1S/C25H20Cl2N2O4/c1-3-33-20-11-15(7-9-18(20)26)23(30)21-22(16-5-4-10-28-13-16)29(25(32)24(21)31)17-8-6-14(2)19(27)12-17/h4-13,22,30H,3H2,1-2H3/b23-21+. The van der Waals surface area contributed by atoms with E-state index in [-0.39, 0.29) is 11.3 Å². The van der Waals surface area contributed by atoms with Crippen LogP contribution in [0.5, 0.6) is 5.75 Å². The van der Waals surface area contributed by atoms with E-state index in [9.17, 15) is 14.7 Å². The number of aryl methyl sites for hydroxylation is 1. The molecule has 1 aromatic heterocycles. The van der Waals surface area contributed by atoms with Crippen molar-refractivity contribution in [1.29, 1.82) is 0 Å². The van der Waals surface area contributed by atoms with Crippen molar-refractivity contribution >= 4 is 46.3 Å². The van der Waals surface area contributed by atoms with Crippen LogP contribution in [-0.2, 0) is 9.59 Å². The molecule has 33 heavy (non-hydrogen) atoms. The zero-order valence-corrected chi connectivity index (χ0v) is 19.4. The molecule has 4 rings (SSSR count). The summed E-state index contributed by atoms with van der Waals surface area (Å²) in [6.07, 6.45) is 3.14. The third kappa shape index (κ3) is 4.19. The molecule has 1 aliphatic heterocycles. The number of halogens is 2. The van der Waals surface area contributed by atoms with E-state index in [1.165, 1.54) is 11.0 Å². The van der Waals surface area contributed by atoms with Crippen LogP contribution in [0.15, 0.2) is 66.5 Å². The molecule has 0 spiro atoms. The van der Waals surface area contributed by atoms with Gasteiger partial charge in [-0.15, -0.1) is 0 Å². The lowest BCUT2D eigenvalue weighted by Gasteiger charge is -2.25. The van der Waals surface area contributed by atoms with Crippen LogP contribution in [0.3, 0.4) is 0 Å². The highest BCUT2D eigenvalue weighted by Gasteiger charge is 2.47. The summed E-state index contributed by atoms with van der Waals surface area (Å²) in [7, 11) is 0. The molecule has 1 saturated heterocycles. The van der Waals surface area contributed by atoms with E-state index >= 15 is 0 Å². The van der Waals surface area contributed by atoms with Gasteiger partial charge < -0.3 is 9.84 Å². The van der Waals surface area contributed by atoms with Crippen molar-refractivity contribution in [3.8, 4) is 5.75 Å². The van der Waals surface area contributed by atoms with Crippen molar-refractivity contribution in [2.24, 2.45) is 0 Å². The number of pyridine rings is 1. The first-order valence-electron chi connectivity index (χ1n) is 10.2. The van der Waals surface area contributed by atoms with Crippen LogP contribution in [0, 0.1) is 6.92 Å². The summed E-state index contributed by atoms with van der Waals surface area (Å²) in [5.74, 6) is -1.56. The van der Waals surface area contributed by atoms with Crippen molar-refractivity contribution in [2.45, 2.75) is 19.9 Å². The molecule has 1 aliphatic rings. The van der Waals surface area contributed by atoms with E-state index in [4.69, 9.17) is 27.9 Å². The largest absolute Gasteiger partial charge is 0.507 e. The Labute approximate surface area is 201 Å². The van der Waals surface area contributed by atoms with E-state index in [1.807, 2.05) is 13.8 Å². The number of anilines is 1. The van der Waals surface area contributed by atoms with Crippen molar-refractivity contribution < 1.29 is 19.4 Å². The lowest BCUT2D eigenvalue weighted by molar-refractivity contribution is -0.132. The zero-order chi connectivity index (χ0) is 23.7. The number of aliphatic hydroxyl groups is 1. The van der Waals surface area contributed by atoms with Crippen LogP contribution in [0.2, 0.25) is 10.0 Å². The van der Waals surface area contributed by atoms with E-state index in [0.717, 1.165) is 5.56 Å². The van der Waals surface area contributed by atoms with Gasteiger partial charge in [-0.25, -0.2) is 0 Å². The second-order valence-electron chi connectivity index (χ2n) is 7.47. The number of ketones is 1. The first kappa shape index (κ1) is 22.8. The highest BCUT2D eigenvalue weighted by Crippen LogP contribution is 2.43. The van der Waals surface area contributed by atoms with E-state index in [1.54, 1.807) is 54.9 Å². The summed E-state index contributed by atoms with van der Waals surface area (Å²) in [5, 5.41) is 12.0. The molecule has 1 fully saturated rings. The minimum Gasteiger partial charge on any atom is -0.507 e. The van der Waals surface area contributed by atoms with Crippen LogP contribution in [0.25, 0.3) is 5.76 Å². The van der Waals surface area contributed by atoms with Crippen LogP contribution < -0.4 is 9.64 Å². The maximum Gasteiger partial charge on any atom is 0.300 e.